The summed E-state index contributed by atoms with van der Waals surface area (Å²) < 4.78 is 35.0. The second-order valence-electron chi connectivity index (χ2n) is 8.47. The average Bonchev–Trinajstić information content (AvgIpc) is 3.39. The fourth-order valence-corrected chi connectivity index (χ4v) is 5.83. The Hall–Kier alpha value is -2.73. The first-order valence-electron chi connectivity index (χ1n) is 10.9. The number of pyridine rings is 1. The van der Waals surface area contributed by atoms with Gasteiger partial charge in [0, 0.05) is 23.5 Å². The van der Waals surface area contributed by atoms with Crippen molar-refractivity contribution in [1.29, 1.82) is 0 Å². The molecule has 3 aromatic rings. The summed E-state index contributed by atoms with van der Waals surface area (Å²) in [5.41, 5.74) is 1.81. The van der Waals surface area contributed by atoms with E-state index in [2.05, 4.69) is 20.2 Å². The van der Waals surface area contributed by atoms with Gasteiger partial charge in [-0.05, 0) is 50.5 Å². The van der Waals surface area contributed by atoms with Crippen molar-refractivity contribution in [3.63, 3.8) is 0 Å². The summed E-state index contributed by atoms with van der Waals surface area (Å²) in [7, 11) is -3.92. The highest BCUT2D eigenvalue weighted by Crippen LogP contribution is 2.34. The number of benzene rings is 1. The maximum atomic E-state index is 13.5. The quantitative estimate of drug-likeness (QED) is 0.329. The van der Waals surface area contributed by atoms with Crippen LogP contribution < -0.4 is 15.6 Å². The minimum Gasteiger partial charge on any atom is -0.394 e. The maximum absolute atomic E-state index is 13.5. The summed E-state index contributed by atoms with van der Waals surface area (Å²) in [6.45, 7) is 2.98. The SMILES string of the molecule is Cc1noc(C)c1-c1cc(S(=O)(=O)NC2CCCC2)c2cc(NCC(O)CO)c(=O)[nH]c2c1. The first kappa shape index (κ1) is 23.4. The minimum absolute atomic E-state index is 0.0314. The van der Waals surface area contributed by atoms with E-state index in [9.17, 15) is 18.3 Å². The Morgan fingerprint density at radius 3 is 2.61 bits per heavy atom. The summed E-state index contributed by atoms with van der Waals surface area (Å²) in [4.78, 5) is 15.4. The molecule has 0 saturated heterocycles. The number of nitrogens with one attached hydrogen (secondary N) is 3. The van der Waals surface area contributed by atoms with Gasteiger partial charge in [0.15, 0.2) is 0 Å². The molecule has 10 nitrogen and oxygen atoms in total. The van der Waals surface area contributed by atoms with Gasteiger partial charge in [0.05, 0.1) is 28.8 Å². The number of anilines is 1. The molecule has 1 aliphatic carbocycles. The molecule has 1 fully saturated rings. The molecule has 1 aromatic carbocycles. The monoisotopic (exact) mass is 476 g/mol. The third-order valence-corrected chi connectivity index (χ3v) is 7.51. The van der Waals surface area contributed by atoms with Crippen LogP contribution in [0.3, 0.4) is 0 Å². The van der Waals surface area contributed by atoms with Crippen LogP contribution in [-0.4, -0.2) is 54.1 Å². The smallest absolute Gasteiger partial charge is 0.271 e. The lowest BCUT2D eigenvalue weighted by Gasteiger charge is -2.17. The number of nitrogens with zero attached hydrogens (tertiary/aromatic N) is 1. The second kappa shape index (κ2) is 9.26. The van der Waals surface area contributed by atoms with Crippen molar-refractivity contribution in [1.82, 2.24) is 14.9 Å². The van der Waals surface area contributed by atoms with Gasteiger partial charge < -0.3 is 25.0 Å². The normalized spacial score (nSPS) is 15.9. The van der Waals surface area contributed by atoms with Gasteiger partial charge in [0.1, 0.15) is 11.4 Å². The number of aromatic nitrogens is 2. The largest absolute Gasteiger partial charge is 0.394 e. The molecule has 1 saturated carbocycles. The molecule has 1 aliphatic rings. The van der Waals surface area contributed by atoms with E-state index in [1.165, 1.54) is 6.07 Å². The van der Waals surface area contributed by atoms with Crippen LogP contribution in [0.4, 0.5) is 5.69 Å². The van der Waals surface area contributed by atoms with E-state index >= 15 is 0 Å². The van der Waals surface area contributed by atoms with E-state index in [4.69, 9.17) is 9.63 Å². The zero-order valence-electron chi connectivity index (χ0n) is 18.5. The van der Waals surface area contributed by atoms with Crippen molar-refractivity contribution in [3.8, 4) is 11.1 Å². The number of H-pyrrole nitrogens is 1. The number of aromatic amines is 1. The summed E-state index contributed by atoms with van der Waals surface area (Å²) in [6, 6.07) is 4.59. The van der Waals surface area contributed by atoms with Crippen LogP contribution in [0.25, 0.3) is 22.0 Å². The first-order valence-corrected chi connectivity index (χ1v) is 12.4. The molecular weight excluding hydrogens is 448 g/mol. The first-order chi connectivity index (χ1) is 15.7. The van der Waals surface area contributed by atoms with Gasteiger partial charge in [-0.3, -0.25) is 4.79 Å². The van der Waals surface area contributed by atoms with Gasteiger partial charge in [0.25, 0.3) is 5.56 Å². The lowest BCUT2D eigenvalue weighted by Crippen LogP contribution is -2.33. The lowest BCUT2D eigenvalue weighted by molar-refractivity contribution is 0.105. The molecule has 0 aliphatic heterocycles. The Kier molecular flexibility index (Phi) is 6.57. The van der Waals surface area contributed by atoms with Gasteiger partial charge in [0.2, 0.25) is 10.0 Å². The van der Waals surface area contributed by atoms with E-state index in [-0.39, 0.29) is 23.2 Å². The summed E-state index contributed by atoms with van der Waals surface area (Å²) in [6.07, 6.45) is 2.45. The Morgan fingerprint density at radius 1 is 1.24 bits per heavy atom. The van der Waals surface area contributed by atoms with Crippen molar-refractivity contribution in [3.05, 3.63) is 40.0 Å². The van der Waals surface area contributed by atoms with Gasteiger partial charge in [-0.25, -0.2) is 13.1 Å². The zero-order chi connectivity index (χ0) is 23.8. The molecule has 178 valence electrons. The molecule has 4 rings (SSSR count). The number of aliphatic hydroxyl groups is 2. The second-order valence-corrected chi connectivity index (χ2v) is 10.1. The van der Waals surface area contributed by atoms with Gasteiger partial charge in [-0.2, -0.15) is 0 Å². The predicted molar refractivity (Wildman–Crippen MR) is 124 cm³/mol. The molecule has 0 amide bonds. The molecule has 1 atom stereocenters. The van der Waals surface area contributed by atoms with Crippen molar-refractivity contribution in [2.24, 2.45) is 0 Å². The molecule has 11 heteroatoms. The van der Waals surface area contributed by atoms with Crippen LogP contribution in [0.5, 0.6) is 0 Å². The van der Waals surface area contributed by atoms with Crippen molar-refractivity contribution < 1.29 is 23.2 Å². The van der Waals surface area contributed by atoms with Gasteiger partial charge in [-0.15, -0.1) is 0 Å². The molecule has 2 heterocycles. The standard InChI is InChI=1S/C22H28N4O6S/c1-12-21(13(2)32-25-12)14-7-18-17(9-19(22(29)24-18)23-10-16(28)11-27)20(8-14)33(30,31)26-15-5-3-4-6-15/h7-9,15-16,23,26-28H,3-6,10-11H2,1-2H3,(H,24,29). The van der Waals surface area contributed by atoms with Crippen LogP contribution in [0.1, 0.15) is 37.1 Å². The van der Waals surface area contributed by atoms with Crippen LogP contribution in [0, 0.1) is 13.8 Å². The van der Waals surface area contributed by atoms with E-state index < -0.39 is 28.3 Å². The zero-order valence-corrected chi connectivity index (χ0v) is 19.3. The molecule has 5 N–H and O–H groups in total. The minimum atomic E-state index is -3.92. The maximum Gasteiger partial charge on any atom is 0.271 e. The van der Waals surface area contributed by atoms with Crippen LogP contribution in [-0.2, 0) is 10.0 Å². The van der Waals surface area contributed by atoms with E-state index in [1.54, 1.807) is 26.0 Å². The van der Waals surface area contributed by atoms with Crippen LogP contribution in [0.2, 0.25) is 0 Å². The fourth-order valence-electron chi connectivity index (χ4n) is 4.29. The summed E-state index contributed by atoms with van der Waals surface area (Å²) in [5.74, 6) is 0.539. The highest BCUT2D eigenvalue weighted by Gasteiger charge is 2.26. The number of sulfonamides is 1. The molecule has 1 unspecified atom stereocenters. The average molecular weight is 477 g/mol. The molecular formula is C22H28N4O6S. The predicted octanol–water partition coefficient (Wildman–Crippen LogP) is 1.79. The number of aryl methyl sites for hydroxylation is 2. The highest BCUT2D eigenvalue weighted by atomic mass is 32.2. The number of hydrogen-bond donors (Lipinski definition) is 5. The number of fused-ring (bicyclic) bond motifs is 1. The third-order valence-electron chi connectivity index (χ3n) is 5.95. The van der Waals surface area contributed by atoms with Gasteiger partial charge in [-0.1, -0.05) is 18.0 Å². The summed E-state index contributed by atoms with van der Waals surface area (Å²) in [5, 5.41) is 25.7. The Labute approximate surface area is 191 Å². The van der Waals surface area contributed by atoms with Crippen molar-refractivity contribution >= 4 is 26.6 Å². The van der Waals surface area contributed by atoms with E-state index in [0.29, 0.717) is 33.5 Å². The summed E-state index contributed by atoms with van der Waals surface area (Å²) >= 11 is 0. The molecule has 33 heavy (non-hydrogen) atoms. The van der Waals surface area contributed by atoms with Crippen LogP contribution in [0.15, 0.2) is 32.4 Å². The van der Waals surface area contributed by atoms with Crippen molar-refractivity contribution in [2.75, 3.05) is 18.5 Å². The third kappa shape index (κ3) is 4.81. The van der Waals surface area contributed by atoms with Crippen molar-refractivity contribution in [2.45, 2.75) is 56.6 Å². The number of hydrogen-bond acceptors (Lipinski definition) is 8. The topological polar surface area (TPSA) is 158 Å². The van der Waals surface area contributed by atoms with E-state index in [1.807, 2.05) is 0 Å². The van der Waals surface area contributed by atoms with E-state index in [0.717, 1.165) is 25.7 Å². The van der Waals surface area contributed by atoms with Crippen LogP contribution >= 0.6 is 0 Å². The molecule has 0 bridgehead atoms. The Morgan fingerprint density at radius 2 is 1.97 bits per heavy atom. The fraction of sp³-hybridized carbons (Fsp3) is 0.455. The molecule has 0 spiro atoms. The Bertz CT molecular complexity index is 1310. The molecule has 2 aromatic heterocycles. The van der Waals surface area contributed by atoms with Gasteiger partial charge >= 0.3 is 0 Å². The highest BCUT2D eigenvalue weighted by molar-refractivity contribution is 7.89. The molecule has 0 radical (unpaired) electrons. The Balaban J connectivity index is 1.89. The number of aliphatic hydroxyl groups excluding tert-OH is 2. The lowest BCUT2D eigenvalue weighted by atomic mass is 10.0. The number of rotatable bonds is 8.